The lowest BCUT2D eigenvalue weighted by Crippen LogP contribution is -2.47. The van der Waals surface area contributed by atoms with Gasteiger partial charge in [-0.05, 0) is 27.9 Å². The molecule has 1 aliphatic rings. The normalized spacial score (nSPS) is 19.4. The molecule has 0 aromatic carbocycles. The molecule has 7 heteroatoms. The number of carboxylic acids is 1. The lowest BCUT2D eigenvalue weighted by Gasteiger charge is -2.30. The third-order valence-corrected chi connectivity index (χ3v) is 3.34. The fraction of sp³-hybridized carbons (Fsp3) is 0.417. The molecule has 0 bridgehead atoms. The first-order valence-corrected chi connectivity index (χ1v) is 6.55. The number of aromatic nitrogens is 1. The number of nitrogens with one attached hydrogen (secondary N) is 1. The van der Waals surface area contributed by atoms with Gasteiger partial charge in [-0.15, -0.1) is 0 Å². The van der Waals surface area contributed by atoms with Gasteiger partial charge < -0.3 is 15.2 Å². The Morgan fingerprint density at radius 3 is 2.84 bits per heavy atom. The zero-order valence-electron chi connectivity index (χ0n) is 10.4. The number of hydrogen-bond acceptors (Lipinski definition) is 4. The monoisotopic (exact) mass is 328 g/mol. The number of hydrogen-bond donors (Lipinski definition) is 2. The van der Waals surface area contributed by atoms with E-state index in [-0.39, 0.29) is 5.92 Å². The summed E-state index contributed by atoms with van der Waals surface area (Å²) in [6.45, 7) is 3.48. The maximum Gasteiger partial charge on any atom is 0.311 e. The minimum absolute atomic E-state index is 0.227. The topological polar surface area (TPSA) is 88.5 Å². The summed E-state index contributed by atoms with van der Waals surface area (Å²) in [7, 11) is 0. The van der Waals surface area contributed by atoms with Crippen molar-refractivity contribution in [3.8, 4) is 5.75 Å². The number of pyridine rings is 1. The van der Waals surface area contributed by atoms with Crippen molar-refractivity contribution >= 4 is 33.6 Å². The Balaban J connectivity index is 2.34. The van der Waals surface area contributed by atoms with Crippen molar-refractivity contribution in [2.75, 3.05) is 5.32 Å². The van der Waals surface area contributed by atoms with Gasteiger partial charge in [0.2, 0.25) is 0 Å². The molecule has 0 spiro atoms. The van der Waals surface area contributed by atoms with Crippen molar-refractivity contribution in [1.82, 2.24) is 4.98 Å². The van der Waals surface area contributed by atoms with E-state index in [9.17, 15) is 14.7 Å². The zero-order chi connectivity index (χ0) is 14.2. The molecular weight excluding hydrogens is 316 g/mol. The molecule has 1 aromatic rings. The number of carboxylic acid groups (broad SMARTS) is 1. The zero-order valence-corrected chi connectivity index (χ0v) is 12.0. The summed E-state index contributed by atoms with van der Waals surface area (Å²) in [5.41, 5.74) is 0. The summed E-state index contributed by atoms with van der Waals surface area (Å²) in [5.74, 6) is -2.00. The molecule has 1 aliphatic heterocycles. The Morgan fingerprint density at radius 1 is 1.58 bits per heavy atom. The van der Waals surface area contributed by atoms with Gasteiger partial charge in [-0.1, -0.05) is 13.8 Å². The molecule has 2 unspecified atom stereocenters. The SMILES string of the molecule is CC(C)C(C(=O)O)C1Oc2cc(Br)cnc2NC1=O. The lowest BCUT2D eigenvalue weighted by molar-refractivity contribution is -0.151. The second kappa shape index (κ2) is 5.16. The number of carbonyl (C=O) groups excluding carboxylic acids is 1. The molecular formula is C12H13BrN2O4. The second-order valence-electron chi connectivity index (χ2n) is 4.64. The number of rotatable bonds is 3. The average Bonchev–Trinajstić information content (AvgIpc) is 2.29. The van der Waals surface area contributed by atoms with E-state index >= 15 is 0 Å². The predicted molar refractivity (Wildman–Crippen MR) is 70.9 cm³/mol. The molecule has 2 atom stereocenters. The highest BCUT2D eigenvalue weighted by Gasteiger charge is 2.41. The highest BCUT2D eigenvalue weighted by atomic mass is 79.9. The van der Waals surface area contributed by atoms with Crippen molar-refractivity contribution in [3.63, 3.8) is 0 Å². The molecule has 0 fully saturated rings. The molecule has 0 radical (unpaired) electrons. The molecule has 1 aromatic heterocycles. The number of fused-ring (bicyclic) bond motifs is 1. The number of ether oxygens (including phenoxy) is 1. The van der Waals surface area contributed by atoms with Gasteiger partial charge in [-0.25, -0.2) is 4.98 Å². The fourth-order valence-electron chi connectivity index (χ4n) is 1.98. The van der Waals surface area contributed by atoms with Crippen LogP contribution in [-0.4, -0.2) is 28.1 Å². The largest absolute Gasteiger partial charge is 0.481 e. The van der Waals surface area contributed by atoms with Gasteiger partial charge in [-0.3, -0.25) is 9.59 Å². The summed E-state index contributed by atoms with van der Waals surface area (Å²) >= 11 is 3.25. The molecule has 0 aliphatic carbocycles. The first-order chi connectivity index (χ1) is 8.90. The number of nitrogens with zero attached hydrogens (tertiary/aromatic N) is 1. The number of anilines is 1. The minimum atomic E-state index is -1.05. The molecule has 102 valence electrons. The van der Waals surface area contributed by atoms with Crippen LogP contribution < -0.4 is 10.1 Å². The third-order valence-electron chi connectivity index (χ3n) is 2.90. The summed E-state index contributed by atoms with van der Waals surface area (Å²) in [6.07, 6.45) is 0.473. The predicted octanol–water partition coefficient (Wildman–Crippen LogP) is 1.90. The molecule has 2 heterocycles. The van der Waals surface area contributed by atoms with E-state index in [0.717, 1.165) is 0 Å². The second-order valence-corrected chi connectivity index (χ2v) is 5.55. The number of amides is 1. The maximum absolute atomic E-state index is 11.9. The minimum Gasteiger partial charge on any atom is -0.481 e. The summed E-state index contributed by atoms with van der Waals surface area (Å²) in [6, 6.07) is 1.65. The molecule has 2 rings (SSSR count). The highest BCUT2D eigenvalue weighted by Crippen LogP contribution is 2.33. The van der Waals surface area contributed by atoms with E-state index < -0.39 is 23.9 Å². The molecule has 2 N–H and O–H groups in total. The molecule has 19 heavy (non-hydrogen) atoms. The number of halogens is 1. The van der Waals surface area contributed by atoms with Crippen LogP contribution in [0.2, 0.25) is 0 Å². The van der Waals surface area contributed by atoms with E-state index in [1.165, 1.54) is 6.20 Å². The van der Waals surface area contributed by atoms with Crippen LogP contribution in [0.15, 0.2) is 16.7 Å². The van der Waals surface area contributed by atoms with Gasteiger partial charge in [0.05, 0.1) is 0 Å². The van der Waals surface area contributed by atoms with E-state index in [1.807, 2.05) is 0 Å². The highest BCUT2D eigenvalue weighted by molar-refractivity contribution is 9.10. The number of carbonyl (C=O) groups is 2. The van der Waals surface area contributed by atoms with Crippen LogP contribution in [0.1, 0.15) is 13.8 Å². The van der Waals surface area contributed by atoms with Crippen LogP contribution in [0.25, 0.3) is 0 Å². The van der Waals surface area contributed by atoms with Crippen LogP contribution in [0, 0.1) is 11.8 Å². The molecule has 0 saturated carbocycles. The summed E-state index contributed by atoms with van der Waals surface area (Å²) < 4.78 is 6.22. The Labute approximate surface area is 118 Å². The molecule has 0 saturated heterocycles. The molecule has 6 nitrogen and oxygen atoms in total. The first-order valence-electron chi connectivity index (χ1n) is 5.76. The van der Waals surface area contributed by atoms with Crippen LogP contribution >= 0.6 is 15.9 Å². The van der Waals surface area contributed by atoms with Gasteiger partial charge in [0.1, 0.15) is 5.92 Å². The Hall–Kier alpha value is -1.63. The van der Waals surface area contributed by atoms with Crippen molar-refractivity contribution in [2.45, 2.75) is 20.0 Å². The van der Waals surface area contributed by atoms with E-state index in [1.54, 1.807) is 19.9 Å². The fourth-order valence-corrected chi connectivity index (χ4v) is 2.29. The first kappa shape index (κ1) is 13.8. The Bertz CT molecular complexity index is 532. The van der Waals surface area contributed by atoms with Crippen LogP contribution in [0.3, 0.4) is 0 Å². The van der Waals surface area contributed by atoms with E-state index in [4.69, 9.17) is 4.74 Å². The quantitative estimate of drug-likeness (QED) is 0.884. The van der Waals surface area contributed by atoms with Crippen molar-refractivity contribution in [2.24, 2.45) is 11.8 Å². The van der Waals surface area contributed by atoms with Gasteiger partial charge >= 0.3 is 5.97 Å². The number of aliphatic carboxylic acids is 1. The van der Waals surface area contributed by atoms with Gasteiger partial charge in [-0.2, -0.15) is 0 Å². The maximum atomic E-state index is 11.9. The van der Waals surface area contributed by atoms with Crippen molar-refractivity contribution in [1.29, 1.82) is 0 Å². The van der Waals surface area contributed by atoms with Gasteiger partial charge in [0, 0.05) is 10.7 Å². The summed E-state index contributed by atoms with van der Waals surface area (Å²) in [5, 5.41) is 11.8. The van der Waals surface area contributed by atoms with Crippen LogP contribution in [0.5, 0.6) is 5.75 Å². The standard InChI is InChI=1S/C12H13BrN2O4/c1-5(2)8(12(17)18)9-11(16)15-10-7(19-9)3-6(13)4-14-10/h3-5,8-9H,1-2H3,(H,17,18)(H,14,15,16). The van der Waals surface area contributed by atoms with Crippen molar-refractivity contribution in [3.05, 3.63) is 16.7 Å². The van der Waals surface area contributed by atoms with E-state index in [2.05, 4.69) is 26.2 Å². The van der Waals surface area contributed by atoms with Gasteiger partial charge in [0.15, 0.2) is 17.7 Å². The Morgan fingerprint density at radius 2 is 2.26 bits per heavy atom. The van der Waals surface area contributed by atoms with Crippen LogP contribution in [-0.2, 0) is 9.59 Å². The molecule has 1 amide bonds. The van der Waals surface area contributed by atoms with Crippen LogP contribution in [0.4, 0.5) is 5.82 Å². The van der Waals surface area contributed by atoms with Crippen molar-refractivity contribution < 1.29 is 19.4 Å². The lowest BCUT2D eigenvalue weighted by atomic mass is 9.89. The average molecular weight is 329 g/mol. The van der Waals surface area contributed by atoms with Gasteiger partial charge in [0.25, 0.3) is 5.91 Å². The van der Waals surface area contributed by atoms with E-state index in [0.29, 0.717) is 16.0 Å². The third kappa shape index (κ3) is 2.70. The summed E-state index contributed by atoms with van der Waals surface area (Å²) in [4.78, 5) is 27.2. The smallest absolute Gasteiger partial charge is 0.311 e. The Kier molecular flexibility index (Phi) is 3.75.